The van der Waals surface area contributed by atoms with Crippen LogP contribution in [0.5, 0.6) is 0 Å². The zero-order valence-electron chi connectivity index (χ0n) is 11.5. The van der Waals surface area contributed by atoms with Crippen LogP contribution in [-0.2, 0) is 4.79 Å². The van der Waals surface area contributed by atoms with E-state index in [1.54, 1.807) is 0 Å². The summed E-state index contributed by atoms with van der Waals surface area (Å²) >= 11 is 0. The fraction of sp³-hybridized carbons (Fsp3) is 0.125. The maximum Gasteiger partial charge on any atom is 0.305 e. The molecule has 1 N–H and O–H groups in total. The van der Waals surface area contributed by atoms with Crippen LogP contribution in [-0.4, -0.2) is 23.5 Å². The summed E-state index contributed by atoms with van der Waals surface area (Å²) in [6.45, 7) is -0.101. The number of hydrogen-bond acceptors (Lipinski definition) is 2. The Balaban J connectivity index is 2.32. The quantitative estimate of drug-likeness (QED) is 0.923. The monoisotopic (exact) mass is 305 g/mol. The minimum absolute atomic E-state index is 0.0923. The fourth-order valence-electron chi connectivity index (χ4n) is 1.95. The van der Waals surface area contributed by atoms with Crippen molar-refractivity contribution in [3.63, 3.8) is 0 Å². The van der Waals surface area contributed by atoms with Crippen LogP contribution in [0.1, 0.15) is 16.8 Å². The molecule has 2 aromatic carbocycles. The summed E-state index contributed by atoms with van der Waals surface area (Å²) < 4.78 is 26.2. The summed E-state index contributed by atoms with van der Waals surface area (Å²) in [7, 11) is 0. The molecule has 0 fully saturated rings. The summed E-state index contributed by atoms with van der Waals surface area (Å²) in [6.07, 6.45) is -0.279. The van der Waals surface area contributed by atoms with Gasteiger partial charge in [0.1, 0.15) is 11.6 Å². The minimum atomic E-state index is -1.07. The Morgan fingerprint density at radius 1 is 1.00 bits per heavy atom. The molecule has 0 unspecified atom stereocenters. The zero-order valence-corrected chi connectivity index (χ0v) is 11.5. The van der Waals surface area contributed by atoms with Gasteiger partial charge in [-0.05, 0) is 42.5 Å². The summed E-state index contributed by atoms with van der Waals surface area (Å²) in [5.74, 6) is -2.66. The molecular weight excluding hydrogens is 292 g/mol. The predicted octanol–water partition coefficient (Wildman–Crippen LogP) is 3.09. The molecule has 0 bridgehead atoms. The first-order valence-electron chi connectivity index (χ1n) is 6.52. The van der Waals surface area contributed by atoms with Crippen molar-refractivity contribution in [2.75, 3.05) is 11.4 Å². The fourth-order valence-corrected chi connectivity index (χ4v) is 1.95. The van der Waals surface area contributed by atoms with Crippen molar-refractivity contribution in [3.05, 3.63) is 65.7 Å². The van der Waals surface area contributed by atoms with E-state index in [4.69, 9.17) is 5.11 Å². The maximum absolute atomic E-state index is 13.2. The SMILES string of the molecule is O=C(O)CCN(C(=O)c1cccc(F)c1)c1ccc(F)cc1. The molecule has 0 heterocycles. The van der Waals surface area contributed by atoms with Crippen molar-refractivity contribution in [2.45, 2.75) is 6.42 Å². The van der Waals surface area contributed by atoms with Gasteiger partial charge in [0.15, 0.2) is 0 Å². The lowest BCUT2D eigenvalue weighted by Crippen LogP contribution is -2.33. The molecule has 0 radical (unpaired) electrons. The molecule has 0 aromatic heterocycles. The highest BCUT2D eigenvalue weighted by Gasteiger charge is 2.19. The van der Waals surface area contributed by atoms with Gasteiger partial charge in [0.05, 0.1) is 6.42 Å². The van der Waals surface area contributed by atoms with Gasteiger partial charge in [0.25, 0.3) is 5.91 Å². The van der Waals surface area contributed by atoms with Crippen LogP contribution in [0, 0.1) is 11.6 Å². The first kappa shape index (κ1) is 15.6. The molecule has 0 aliphatic heterocycles. The van der Waals surface area contributed by atoms with Crippen LogP contribution in [0.2, 0.25) is 0 Å². The lowest BCUT2D eigenvalue weighted by atomic mass is 10.1. The van der Waals surface area contributed by atoms with E-state index in [2.05, 4.69) is 0 Å². The first-order valence-corrected chi connectivity index (χ1v) is 6.52. The van der Waals surface area contributed by atoms with Crippen molar-refractivity contribution in [3.8, 4) is 0 Å². The summed E-state index contributed by atoms with van der Waals surface area (Å²) in [6, 6.07) is 10.2. The molecule has 0 saturated heterocycles. The average Bonchev–Trinajstić information content (AvgIpc) is 2.48. The Hall–Kier alpha value is -2.76. The third kappa shape index (κ3) is 3.88. The maximum atomic E-state index is 13.2. The van der Waals surface area contributed by atoms with E-state index in [9.17, 15) is 18.4 Å². The van der Waals surface area contributed by atoms with E-state index >= 15 is 0 Å². The zero-order chi connectivity index (χ0) is 16.1. The van der Waals surface area contributed by atoms with E-state index in [1.165, 1.54) is 47.4 Å². The Kier molecular flexibility index (Phi) is 4.83. The molecule has 2 aromatic rings. The number of carboxylic acids is 1. The Labute approximate surface area is 125 Å². The summed E-state index contributed by atoms with van der Waals surface area (Å²) in [4.78, 5) is 24.4. The van der Waals surface area contributed by atoms with Crippen LogP contribution in [0.25, 0.3) is 0 Å². The molecule has 0 atom stereocenters. The number of benzene rings is 2. The number of nitrogens with zero attached hydrogens (tertiary/aromatic N) is 1. The third-order valence-electron chi connectivity index (χ3n) is 3.00. The normalized spacial score (nSPS) is 10.3. The second-order valence-electron chi connectivity index (χ2n) is 4.59. The van der Waals surface area contributed by atoms with Crippen molar-refractivity contribution in [1.82, 2.24) is 0 Å². The van der Waals surface area contributed by atoms with E-state index in [1.807, 2.05) is 0 Å². The molecule has 4 nitrogen and oxygen atoms in total. The standard InChI is InChI=1S/C16H13F2NO3/c17-12-4-6-14(7-5-12)19(9-8-15(20)21)16(22)11-2-1-3-13(18)10-11/h1-7,10H,8-9H2,(H,20,21). The van der Waals surface area contributed by atoms with E-state index in [-0.39, 0.29) is 18.5 Å². The largest absolute Gasteiger partial charge is 0.481 e. The lowest BCUT2D eigenvalue weighted by Gasteiger charge is -2.22. The van der Waals surface area contributed by atoms with Gasteiger partial charge in [-0.3, -0.25) is 9.59 Å². The first-order chi connectivity index (χ1) is 10.5. The second-order valence-corrected chi connectivity index (χ2v) is 4.59. The van der Waals surface area contributed by atoms with Crippen LogP contribution < -0.4 is 4.90 Å². The minimum Gasteiger partial charge on any atom is -0.481 e. The van der Waals surface area contributed by atoms with Crippen LogP contribution in [0.4, 0.5) is 14.5 Å². The molecular formula is C16H13F2NO3. The van der Waals surface area contributed by atoms with Gasteiger partial charge in [-0.2, -0.15) is 0 Å². The highest BCUT2D eigenvalue weighted by molar-refractivity contribution is 6.06. The number of halogens is 2. The lowest BCUT2D eigenvalue weighted by molar-refractivity contribution is -0.136. The number of carbonyl (C=O) groups is 2. The molecule has 6 heteroatoms. The van der Waals surface area contributed by atoms with Crippen molar-refractivity contribution in [2.24, 2.45) is 0 Å². The number of amides is 1. The van der Waals surface area contributed by atoms with E-state index in [0.29, 0.717) is 5.69 Å². The van der Waals surface area contributed by atoms with E-state index < -0.39 is 23.5 Å². The Bertz CT molecular complexity index is 686. The van der Waals surface area contributed by atoms with Crippen molar-refractivity contribution < 1.29 is 23.5 Å². The van der Waals surface area contributed by atoms with Gasteiger partial charge in [-0.15, -0.1) is 0 Å². The highest BCUT2D eigenvalue weighted by Crippen LogP contribution is 2.19. The Morgan fingerprint density at radius 2 is 1.68 bits per heavy atom. The molecule has 2 rings (SSSR count). The predicted molar refractivity (Wildman–Crippen MR) is 76.7 cm³/mol. The summed E-state index contributed by atoms with van der Waals surface area (Å²) in [5.41, 5.74) is 0.437. The van der Waals surface area contributed by atoms with Crippen LogP contribution in [0.15, 0.2) is 48.5 Å². The molecule has 1 amide bonds. The van der Waals surface area contributed by atoms with Crippen molar-refractivity contribution >= 4 is 17.6 Å². The van der Waals surface area contributed by atoms with Gasteiger partial charge >= 0.3 is 5.97 Å². The summed E-state index contributed by atoms with van der Waals surface area (Å²) in [5, 5.41) is 8.79. The molecule has 114 valence electrons. The van der Waals surface area contributed by atoms with Gasteiger partial charge < -0.3 is 10.0 Å². The molecule has 22 heavy (non-hydrogen) atoms. The number of hydrogen-bond donors (Lipinski definition) is 1. The second kappa shape index (κ2) is 6.80. The molecule has 0 aliphatic rings. The average molecular weight is 305 g/mol. The van der Waals surface area contributed by atoms with Crippen LogP contribution in [0.3, 0.4) is 0 Å². The topological polar surface area (TPSA) is 57.6 Å². The Morgan fingerprint density at radius 3 is 2.27 bits per heavy atom. The molecule has 0 spiro atoms. The number of carbonyl (C=O) groups excluding carboxylic acids is 1. The highest BCUT2D eigenvalue weighted by atomic mass is 19.1. The van der Waals surface area contributed by atoms with Gasteiger partial charge in [-0.25, -0.2) is 8.78 Å². The third-order valence-corrected chi connectivity index (χ3v) is 3.00. The van der Waals surface area contributed by atoms with Crippen molar-refractivity contribution in [1.29, 1.82) is 0 Å². The number of carboxylic acid groups (broad SMARTS) is 1. The number of anilines is 1. The van der Waals surface area contributed by atoms with Gasteiger partial charge in [0.2, 0.25) is 0 Å². The smallest absolute Gasteiger partial charge is 0.305 e. The number of aliphatic carboxylic acids is 1. The van der Waals surface area contributed by atoms with E-state index in [0.717, 1.165) is 6.07 Å². The molecule has 0 saturated carbocycles. The van der Waals surface area contributed by atoms with Gasteiger partial charge in [-0.1, -0.05) is 6.07 Å². The number of rotatable bonds is 5. The van der Waals surface area contributed by atoms with Gasteiger partial charge in [0, 0.05) is 17.8 Å². The molecule has 0 aliphatic carbocycles. The van der Waals surface area contributed by atoms with Crippen LogP contribution >= 0.6 is 0 Å².